The van der Waals surface area contributed by atoms with Gasteiger partial charge in [0.15, 0.2) is 0 Å². The van der Waals surface area contributed by atoms with Crippen molar-refractivity contribution < 1.29 is 14.2 Å². The van der Waals surface area contributed by atoms with Gasteiger partial charge in [-0.3, -0.25) is 4.90 Å². The SMILES string of the molecule is COc1cc(OC)c(C2=CCN(CCC#N)CC2)c(OC)c1. The van der Waals surface area contributed by atoms with E-state index in [-0.39, 0.29) is 0 Å². The first-order chi connectivity index (χ1) is 10.7. The number of nitriles is 1. The molecule has 0 aliphatic carbocycles. The van der Waals surface area contributed by atoms with E-state index < -0.39 is 0 Å². The van der Waals surface area contributed by atoms with Crippen molar-refractivity contribution in [3.8, 4) is 23.3 Å². The summed E-state index contributed by atoms with van der Waals surface area (Å²) in [6.45, 7) is 2.60. The summed E-state index contributed by atoms with van der Waals surface area (Å²) >= 11 is 0. The molecule has 5 heteroatoms. The summed E-state index contributed by atoms with van der Waals surface area (Å²) in [7, 11) is 4.93. The van der Waals surface area contributed by atoms with Crippen LogP contribution in [0.3, 0.4) is 0 Å². The van der Waals surface area contributed by atoms with E-state index in [2.05, 4.69) is 17.0 Å². The van der Waals surface area contributed by atoms with Crippen molar-refractivity contribution >= 4 is 5.57 Å². The van der Waals surface area contributed by atoms with Crippen molar-refractivity contribution in [1.82, 2.24) is 4.90 Å². The predicted molar refractivity (Wildman–Crippen MR) is 85.4 cm³/mol. The van der Waals surface area contributed by atoms with E-state index in [0.29, 0.717) is 12.2 Å². The third-order valence-electron chi connectivity index (χ3n) is 3.87. The summed E-state index contributed by atoms with van der Waals surface area (Å²) in [6, 6.07) is 5.94. The molecule has 2 rings (SSSR count). The summed E-state index contributed by atoms with van der Waals surface area (Å²) in [5.74, 6) is 2.23. The van der Waals surface area contributed by atoms with Crippen molar-refractivity contribution in [3.05, 3.63) is 23.8 Å². The van der Waals surface area contributed by atoms with Crippen LogP contribution in [0.5, 0.6) is 17.2 Å². The van der Waals surface area contributed by atoms with Gasteiger partial charge in [0.25, 0.3) is 0 Å². The van der Waals surface area contributed by atoms with E-state index in [9.17, 15) is 0 Å². The Hall–Kier alpha value is -2.19. The normalized spacial score (nSPS) is 14.9. The average Bonchev–Trinajstić information content (AvgIpc) is 2.59. The summed E-state index contributed by atoms with van der Waals surface area (Å²) in [6.07, 6.45) is 3.66. The molecule has 5 nitrogen and oxygen atoms in total. The van der Waals surface area contributed by atoms with Gasteiger partial charge in [-0.25, -0.2) is 0 Å². The highest BCUT2D eigenvalue weighted by molar-refractivity contribution is 5.77. The molecule has 0 N–H and O–H groups in total. The molecule has 1 aliphatic rings. The number of rotatable bonds is 6. The minimum absolute atomic E-state index is 0.568. The molecule has 0 radical (unpaired) electrons. The lowest BCUT2D eigenvalue weighted by molar-refractivity contribution is 0.308. The fourth-order valence-electron chi connectivity index (χ4n) is 2.67. The van der Waals surface area contributed by atoms with Crippen LogP contribution < -0.4 is 14.2 Å². The highest BCUT2D eigenvalue weighted by atomic mass is 16.5. The van der Waals surface area contributed by atoms with Gasteiger partial charge in [0, 0.05) is 38.2 Å². The van der Waals surface area contributed by atoms with Crippen LogP contribution in [0.1, 0.15) is 18.4 Å². The van der Waals surface area contributed by atoms with E-state index in [4.69, 9.17) is 19.5 Å². The number of benzene rings is 1. The molecule has 0 saturated heterocycles. The molecule has 118 valence electrons. The van der Waals surface area contributed by atoms with Crippen LogP contribution in [0.25, 0.3) is 5.57 Å². The van der Waals surface area contributed by atoms with E-state index in [1.807, 2.05) is 12.1 Å². The van der Waals surface area contributed by atoms with Gasteiger partial charge in [0.05, 0.1) is 33.0 Å². The Labute approximate surface area is 131 Å². The molecule has 0 saturated carbocycles. The lowest BCUT2D eigenvalue weighted by atomic mass is 9.97. The van der Waals surface area contributed by atoms with Crippen LogP contribution >= 0.6 is 0 Å². The van der Waals surface area contributed by atoms with Crippen LogP contribution in [0.15, 0.2) is 18.2 Å². The van der Waals surface area contributed by atoms with Crippen molar-refractivity contribution in [2.45, 2.75) is 12.8 Å². The Kier molecular flexibility index (Phi) is 5.68. The molecule has 0 unspecified atom stereocenters. The number of nitrogens with zero attached hydrogens (tertiary/aromatic N) is 2. The van der Waals surface area contributed by atoms with Gasteiger partial charge in [-0.15, -0.1) is 0 Å². The Balaban J connectivity index is 2.29. The smallest absolute Gasteiger partial charge is 0.133 e. The van der Waals surface area contributed by atoms with Crippen molar-refractivity contribution in [2.75, 3.05) is 41.0 Å². The maximum atomic E-state index is 8.68. The molecule has 0 bridgehead atoms. The first kappa shape index (κ1) is 16.2. The molecule has 0 atom stereocenters. The van der Waals surface area contributed by atoms with Crippen LogP contribution in [0, 0.1) is 11.3 Å². The fraction of sp³-hybridized carbons (Fsp3) is 0.471. The summed E-state index contributed by atoms with van der Waals surface area (Å²) < 4.78 is 16.3. The zero-order chi connectivity index (χ0) is 15.9. The second kappa shape index (κ2) is 7.71. The van der Waals surface area contributed by atoms with Gasteiger partial charge in [0.2, 0.25) is 0 Å². The van der Waals surface area contributed by atoms with Crippen LogP contribution in [0.2, 0.25) is 0 Å². The Morgan fingerprint density at radius 1 is 1.14 bits per heavy atom. The minimum atomic E-state index is 0.568. The predicted octanol–water partition coefficient (Wildman–Crippen LogP) is 2.72. The molecule has 0 amide bonds. The van der Waals surface area contributed by atoms with Gasteiger partial charge >= 0.3 is 0 Å². The quantitative estimate of drug-likeness (QED) is 0.808. The Bertz CT molecular complexity index is 565. The van der Waals surface area contributed by atoms with Gasteiger partial charge in [0.1, 0.15) is 17.2 Å². The molecule has 0 fully saturated rings. The summed E-state index contributed by atoms with van der Waals surface area (Å²) in [5.41, 5.74) is 2.20. The molecular weight excluding hydrogens is 280 g/mol. The second-order valence-corrected chi connectivity index (χ2v) is 5.10. The van der Waals surface area contributed by atoms with Gasteiger partial charge in [-0.05, 0) is 12.0 Å². The fourth-order valence-corrected chi connectivity index (χ4v) is 2.67. The van der Waals surface area contributed by atoms with E-state index in [1.54, 1.807) is 21.3 Å². The van der Waals surface area contributed by atoms with Crippen LogP contribution in [-0.4, -0.2) is 45.9 Å². The van der Waals surface area contributed by atoms with Gasteiger partial charge in [-0.2, -0.15) is 5.26 Å². The molecule has 1 aromatic rings. The van der Waals surface area contributed by atoms with Crippen molar-refractivity contribution in [2.24, 2.45) is 0 Å². The standard InChI is InChI=1S/C17H22N2O3/c1-20-14-11-15(21-2)17(16(12-14)22-3)13-5-9-19(10-6-13)8-4-7-18/h5,11-12H,4,6,8-10H2,1-3H3. The zero-order valence-corrected chi connectivity index (χ0v) is 13.4. The Morgan fingerprint density at radius 3 is 2.27 bits per heavy atom. The van der Waals surface area contributed by atoms with Gasteiger partial charge < -0.3 is 14.2 Å². The zero-order valence-electron chi connectivity index (χ0n) is 13.4. The first-order valence-corrected chi connectivity index (χ1v) is 7.32. The van der Waals surface area contributed by atoms with E-state index in [1.165, 1.54) is 5.57 Å². The van der Waals surface area contributed by atoms with Gasteiger partial charge in [-0.1, -0.05) is 6.08 Å². The number of hydrogen-bond acceptors (Lipinski definition) is 5. The third kappa shape index (κ3) is 3.52. The highest BCUT2D eigenvalue weighted by Gasteiger charge is 2.20. The lowest BCUT2D eigenvalue weighted by Gasteiger charge is -2.27. The molecule has 0 spiro atoms. The second-order valence-electron chi connectivity index (χ2n) is 5.10. The largest absolute Gasteiger partial charge is 0.496 e. The van der Waals surface area contributed by atoms with Crippen LogP contribution in [0.4, 0.5) is 0 Å². The molecular formula is C17H22N2O3. The Morgan fingerprint density at radius 2 is 1.82 bits per heavy atom. The third-order valence-corrected chi connectivity index (χ3v) is 3.87. The average molecular weight is 302 g/mol. The molecule has 0 aromatic heterocycles. The maximum absolute atomic E-state index is 8.68. The number of hydrogen-bond donors (Lipinski definition) is 0. The summed E-state index contributed by atoms with van der Waals surface area (Å²) in [5, 5.41) is 8.68. The first-order valence-electron chi connectivity index (χ1n) is 7.32. The molecule has 1 aliphatic heterocycles. The van der Waals surface area contributed by atoms with Crippen molar-refractivity contribution in [1.29, 1.82) is 5.26 Å². The monoisotopic (exact) mass is 302 g/mol. The van der Waals surface area contributed by atoms with Crippen molar-refractivity contribution in [3.63, 3.8) is 0 Å². The maximum Gasteiger partial charge on any atom is 0.133 e. The minimum Gasteiger partial charge on any atom is -0.496 e. The number of ether oxygens (including phenoxy) is 3. The van der Waals surface area contributed by atoms with E-state index >= 15 is 0 Å². The highest BCUT2D eigenvalue weighted by Crippen LogP contribution is 2.40. The summed E-state index contributed by atoms with van der Waals surface area (Å²) in [4.78, 5) is 2.27. The topological polar surface area (TPSA) is 54.7 Å². The number of methoxy groups -OCH3 is 3. The van der Waals surface area contributed by atoms with Crippen LogP contribution in [-0.2, 0) is 0 Å². The molecule has 22 heavy (non-hydrogen) atoms. The molecule has 1 heterocycles. The lowest BCUT2D eigenvalue weighted by Crippen LogP contribution is -2.29. The van der Waals surface area contributed by atoms with E-state index in [0.717, 1.165) is 43.1 Å². The molecule has 1 aromatic carbocycles.